The molecule has 2 aromatic rings. The fourth-order valence-corrected chi connectivity index (χ4v) is 6.21. The number of piperazine rings is 1. The molecule has 186 valence electrons. The standard InChI is InChI=1S/C29H37N3O3/c1-3-30-17-19-31(20-18-30)29(34)26-24-11-7-8-12-25(24)28(33)32(22-9-5-4-6-10-22)27(26)21-13-15-23(35-2)16-14-21/h7-8,11-16,22,26-27H,3-6,9-10,17-20H2,1-2H3/t26-,27+/m1/s1. The Morgan fingerprint density at radius 2 is 1.63 bits per heavy atom. The number of nitrogens with zero attached hydrogens (tertiary/aromatic N) is 3. The topological polar surface area (TPSA) is 53.1 Å². The highest BCUT2D eigenvalue weighted by Crippen LogP contribution is 2.46. The number of hydrogen-bond acceptors (Lipinski definition) is 4. The molecule has 2 atom stereocenters. The van der Waals surface area contributed by atoms with Crippen LogP contribution in [0.2, 0.25) is 0 Å². The number of carbonyl (C=O) groups excluding carboxylic acids is 2. The van der Waals surface area contributed by atoms with E-state index in [1.165, 1.54) is 6.42 Å². The van der Waals surface area contributed by atoms with Gasteiger partial charge in [-0.05, 0) is 48.7 Å². The molecular formula is C29H37N3O3. The van der Waals surface area contributed by atoms with Gasteiger partial charge in [0.1, 0.15) is 5.75 Å². The minimum atomic E-state index is -0.410. The van der Waals surface area contributed by atoms with Gasteiger partial charge in [-0.15, -0.1) is 0 Å². The van der Waals surface area contributed by atoms with Crippen LogP contribution in [-0.4, -0.2) is 72.4 Å². The van der Waals surface area contributed by atoms with E-state index in [1.54, 1.807) is 7.11 Å². The van der Waals surface area contributed by atoms with Crippen molar-refractivity contribution >= 4 is 11.8 Å². The van der Waals surface area contributed by atoms with E-state index in [-0.39, 0.29) is 23.9 Å². The summed E-state index contributed by atoms with van der Waals surface area (Å²) in [7, 11) is 1.66. The lowest BCUT2D eigenvalue weighted by Gasteiger charge is -2.48. The molecular weight excluding hydrogens is 438 g/mol. The van der Waals surface area contributed by atoms with Crippen molar-refractivity contribution in [1.82, 2.24) is 14.7 Å². The van der Waals surface area contributed by atoms with Crippen LogP contribution in [0.25, 0.3) is 0 Å². The Labute approximate surface area is 208 Å². The molecule has 0 bridgehead atoms. The first-order valence-corrected chi connectivity index (χ1v) is 13.2. The van der Waals surface area contributed by atoms with Crippen molar-refractivity contribution in [3.63, 3.8) is 0 Å². The number of fused-ring (bicyclic) bond motifs is 1. The number of amides is 2. The highest BCUT2D eigenvalue weighted by Gasteiger charge is 2.47. The lowest BCUT2D eigenvalue weighted by molar-refractivity contribution is -0.136. The highest BCUT2D eigenvalue weighted by atomic mass is 16.5. The van der Waals surface area contributed by atoms with Gasteiger partial charge < -0.3 is 19.4 Å². The van der Waals surface area contributed by atoms with E-state index in [2.05, 4.69) is 16.7 Å². The maximum atomic E-state index is 14.3. The maximum absolute atomic E-state index is 14.3. The van der Waals surface area contributed by atoms with Gasteiger partial charge in [-0.2, -0.15) is 0 Å². The molecule has 2 aliphatic heterocycles. The van der Waals surface area contributed by atoms with Crippen molar-refractivity contribution < 1.29 is 14.3 Å². The molecule has 0 N–H and O–H groups in total. The first-order chi connectivity index (χ1) is 17.1. The molecule has 0 aromatic heterocycles. The minimum absolute atomic E-state index is 0.0631. The zero-order chi connectivity index (χ0) is 24.4. The highest BCUT2D eigenvalue weighted by molar-refractivity contribution is 6.01. The molecule has 2 fully saturated rings. The molecule has 2 heterocycles. The third kappa shape index (κ3) is 4.56. The van der Waals surface area contributed by atoms with Crippen molar-refractivity contribution in [3.05, 3.63) is 65.2 Å². The Bertz CT molecular complexity index is 1040. The summed E-state index contributed by atoms with van der Waals surface area (Å²) >= 11 is 0. The van der Waals surface area contributed by atoms with Crippen molar-refractivity contribution in [1.29, 1.82) is 0 Å². The Hall–Kier alpha value is -2.86. The number of likely N-dealkylation sites (N-methyl/N-ethyl adjacent to an activating group) is 1. The lowest BCUT2D eigenvalue weighted by atomic mass is 9.77. The van der Waals surface area contributed by atoms with Gasteiger partial charge in [-0.1, -0.05) is 56.5 Å². The molecule has 1 aliphatic carbocycles. The Morgan fingerprint density at radius 1 is 0.943 bits per heavy atom. The molecule has 5 rings (SSSR count). The molecule has 2 aromatic carbocycles. The van der Waals surface area contributed by atoms with Crippen LogP contribution in [0.3, 0.4) is 0 Å². The van der Waals surface area contributed by atoms with Crippen LogP contribution >= 0.6 is 0 Å². The number of benzene rings is 2. The molecule has 6 nitrogen and oxygen atoms in total. The van der Waals surface area contributed by atoms with E-state index in [4.69, 9.17) is 4.74 Å². The largest absolute Gasteiger partial charge is 0.497 e. The molecule has 2 amide bonds. The Morgan fingerprint density at radius 3 is 2.29 bits per heavy atom. The monoisotopic (exact) mass is 475 g/mol. The molecule has 1 saturated heterocycles. The summed E-state index contributed by atoms with van der Waals surface area (Å²) in [5.41, 5.74) is 2.56. The number of hydrogen-bond donors (Lipinski definition) is 0. The smallest absolute Gasteiger partial charge is 0.254 e. The van der Waals surface area contributed by atoms with Crippen molar-refractivity contribution in [2.45, 2.75) is 57.0 Å². The average Bonchev–Trinajstić information content (AvgIpc) is 2.93. The summed E-state index contributed by atoms with van der Waals surface area (Å²) in [5, 5.41) is 0. The quantitative estimate of drug-likeness (QED) is 0.640. The number of methoxy groups -OCH3 is 1. The molecule has 3 aliphatic rings. The van der Waals surface area contributed by atoms with Crippen LogP contribution in [0.15, 0.2) is 48.5 Å². The molecule has 0 spiro atoms. The summed E-state index contributed by atoms with van der Waals surface area (Å²) in [6.45, 7) is 6.44. The maximum Gasteiger partial charge on any atom is 0.254 e. The molecule has 0 radical (unpaired) electrons. The van der Waals surface area contributed by atoms with Crippen LogP contribution in [-0.2, 0) is 4.79 Å². The van der Waals surface area contributed by atoms with Crippen LogP contribution in [0.5, 0.6) is 5.75 Å². The predicted octanol–water partition coefficient (Wildman–Crippen LogP) is 4.47. The third-order valence-electron chi connectivity index (χ3n) is 8.20. The van der Waals surface area contributed by atoms with Gasteiger partial charge in [0.25, 0.3) is 5.91 Å². The van der Waals surface area contributed by atoms with Gasteiger partial charge in [-0.25, -0.2) is 0 Å². The first-order valence-electron chi connectivity index (χ1n) is 13.2. The van der Waals surface area contributed by atoms with E-state index in [1.807, 2.05) is 53.4 Å². The van der Waals surface area contributed by atoms with Gasteiger partial charge >= 0.3 is 0 Å². The van der Waals surface area contributed by atoms with Crippen molar-refractivity contribution in [3.8, 4) is 5.75 Å². The summed E-state index contributed by atoms with van der Waals surface area (Å²) in [6, 6.07) is 15.6. The summed E-state index contributed by atoms with van der Waals surface area (Å²) < 4.78 is 5.41. The second-order valence-corrected chi connectivity index (χ2v) is 10.0. The summed E-state index contributed by atoms with van der Waals surface area (Å²) in [6.07, 6.45) is 5.46. The minimum Gasteiger partial charge on any atom is -0.497 e. The fourth-order valence-electron chi connectivity index (χ4n) is 6.21. The fraction of sp³-hybridized carbons (Fsp3) is 0.517. The van der Waals surface area contributed by atoms with Gasteiger partial charge in [0.15, 0.2) is 0 Å². The van der Waals surface area contributed by atoms with E-state index < -0.39 is 5.92 Å². The second-order valence-electron chi connectivity index (χ2n) is 10.0. The van der Waals surface area contributed by atoms with Crippen LogP contribution in [0, 0.1) is 0 Å². The lowest BCUT2D eigenvalue weighted by Crippen LogP contribution is -2.55. The average molecular weight is 476 g/mol. The van der Waals surface area contributed by atoms with Crippen LogP contribution in [0.4, 0.5) is 0 Å². The first kappa shape index (κ1) is 23.9. The number of carbonyl (C=O) groups is 2. The number of ether oxygens (including phenoxy) is 1. The zero-order valence-electron chi connectivity index (χ0n) is 21.0. The molecule has 1 saturated carbocycles. The summed E-state index contributed by atoms with van der Waals surface area (Å²) in [4.78, 5) is 34.8. The van der Waals surface area contributed by atoms with Crippen molar-refractivity contribution in [2.75, 3.05) is 39.8 Å². The zero-order valence-corrected chi connectivity index (χ0v) is 21.0. The second kappa shape index (κ2) is 10.4. The van der Waals surface area contributed by atoms with E-state index in [9.17, 15) is 9.59 Å². The SMILES string of the molecule is CCN1CCN(C(=O)[C@@H]2c3ccccc3C(=O)N(C3CCCCC3)[C@H]2c2ccc(OC)cc2)CC1. The van der Waals surface area contributed by atoms with Gasteiger partial charge in [0.2, 0.25) is 5.91 Å². The van der Waals surface area contributed by atoms with E-state index in [0.29, 0.717) is 5.56 Å². The molecule has 35 heavy (non-hydrogen) atoms. The van der Waals surface area contributed by atoms with Crippen LogP contribution < -0.4 is 4.74 Å². The Balaban J connectivity index is 1.60. The molecule has 0 unspecified atom stereocenters. The van der Waals surface area contributed by atoms with Gasteiger partial charge in [-0.3, -0.25) is 9.59 Å². The van der Waals surface area contributed by atoms with E-state index in [0.717, 1.165) is 75.3 Å². The van der Waals surface area contributed by atoms with E-state index >= 15 is 0 Å². The van der Waals surface area contributed by atoms with Crippen molar-refractivity contribution in [2.24, 2.45) is 0 Å². The van der Waals surface area contributed by atoms with Crippen LogP contribution in [0.1, 0.15) is 72.5 Å². The number of rotatable bonds is 5. The molecule has 6 heteroatoms. The summed E-state index contributed by atoms with van der Waals surface area (Å²) in [5.74, 6) is 0.571. The van der Waals surface area contributed by atoms with Gasteiger partial charge in [0, 0.05) is 37.8 Å². The third-order valence-corrected chi connectivity index (χ3v) is 8.20. The van der Waals surface area contributed by atoms with Gasteiger partial charge in [0.05, 0.1) is 19.1 Å². The predicted molar refractivity (Wildman–Crippen MR) is 137 cm³/mol. The Kier molecular flexibility index (Phi) is 7.09. The normalized spacial score (nSPS) is 23.8.